The monoisotopic (exact) mass is 316 g/mol. The highest BCUT2D eigenvalue weighted by Gasteiger charge is 2.38. The maximum Gasteiger partial charge on any atom is 0.279 e. The number of nitrogens with one attached hydrogen (secondary N) is 1. The zero-order chi connectivity index (χ0) is 16.5. The van der Waals surface area contributed by atoms with Gasteiger partial charge in [0.25, 0.3) is 5.91 Å². The fraction of sp³-hybridized carbons (Fsp3) is 0.190. The number of amides is 1. The lowest BCUT2D eigenvalue weighted by Gasteiger charge is -2.24. The highest BCUT2D eigenvalue weighted by molar-refractivity contribution is 6.15. The molecule has 1 unspecified atom stereocenters. The van der Waals surface area contributed by atoms with Gasteiger partial charge in [-0.1, -0.05) is 49.4 Å². The summed E-state index contributed by atoms with van der Waals surface area (Å²) in [5.74, 6) is 0.584. The topological polar surface area (TPSA) is 32.3 Å². The van der Waals surface area contributed by atoms with Gasteiger partial charge in [-0.25, -0.2) is 0 Å². The lowest BCUT2D eigenvalue weighted by atomic mass is 9.90. The molecule has 2 aliphatic rings. The molecular weight excluding hydrogens is 296 g/mol. The second kappa shape index (κ2) is 6.00. The molecule has 1 heterocycles. The molecule has 0 fully saturated rings. The molecule has 1 aliphatic heterocycles. The highest BCUT2D eigenvalue weighted by atomic mass is 16.2. The minimum Gasteiger partial charge on any atom is -0.351 e. The molecular formula is C21H20N2O. The summed E-state index contributed by atoms with van der Waals surface area (Å²) in [7, 11) is 0. The molecule has 4 rings (SSSR count). The van der Waals surface area contributed by atoms with E-state index in [4.69, 9.17) is 0 Å². The molecule has 1 amide bonds. The van der Waals surface area contributed by atoms with E-state index in [1.54, 1.807) is 0 Å². The van der Waals surface area contributed by atoms with Crippen LogP contribution in [0.1, 0.15) is 19.8 Å². The third-order valence-electron chi connectivity index (χ3n) is 4.59. The molecule has 0 saturated carbocycles. The van der Waals surface area contributed by atoms with E-state index in [-0.39, 0.29) is 5.91 Å². The number of para-hydroxylation sites is 2. The number of allylic oxidation sites excluding steroid dienone is 2. The van der Waals surface area contributed by atoms with E-state index in [0.29, 0.717) is 11.6 Å². The minimum absolute atomic E-state index is 0.0282. The number of fused-ring (bicyclic) bond motifs is 1. The van der Waals surface area contributed by atoms with Crippen molar-refractivity contribution >= 4 is 17.3 Å². The molecule has 1 aliphatic carbocycles. The van der Waals surface area contributed by atoms with Crippen LogP contribution in [-0.2, 0) is 4.79 Å². The summed E-state index contributed by atoms with van der Waals surface area (Å²) in [5.41, 5.74) is 4.75. The van der Waals surface area contributed by atoms with Crippen molar-refractivity contribution in [3.8, 4) is 0 Å². The fourth-order valence-electron chi connectivity index (χ4n) is 3.41. The van der Waals surface area contributed by atoms with Gasteiger partial charge < -0.3 is 5.32 Å². The van der Waals surface area contributed by atoms with E-state index in [9.17, 15) is 4.79 Å². The summed E-state index contributed by atoms with van der Waals surface area (Å²) in [6.07, 6.45) is 4.14. The van der Waals surface area contributed by atoms with Crippen LogP contribution in [0.3, 0.4) is 0 Å². The number of nitrogens with zero attached hydrogens (tertiary/aromatic N) is 1. The van der Waals surface area contributed by atoms with E-state index in [0.717, 1.165) is 35.5 Å². The molecule has 120 valence electrons. The van der Waals surface area contributed by atoms with E-state index in [1.165, 1.54) is 0 Å². The van der Waals surface area contributed by atoms with Crippen molar-refractivity contribution < 1.29 is 4.79 Å². The Morgan fingerprint density at radius 1 is 1.00 bits per heavy atom. The van der Waals surface area contributed by atoms with Crippen LogP contribution in [0.15, 0.2) is 83.7 Å². The number of carbonyl (C=O) groups excluding carboxylic acids is 1. The average molecular weight is 316 g/mol. The van der Waals surface area contributed by atoms with Crippen LogP contribution in [0.4, 0.5) is 11.4 Å². The largest absolute Gasteiger partial charge is 0.351 e. The standard InChI is InChI=1S/C21H20N2O/c1-15-12-13-19-18(14-15)20(22-16-8-4-2-5-9-16)21(24)23(19)17-10-6-3-7-11-17/h2-11,13,15,22H,12,14H2,1H3. The summed E-state index contributed by atoms with van der Waals surface area (Å²) in [4.78, 5) is 15.0. The van der Waals surface area contributed by atoms with Crippen LogP contribution in [0.5, 0.6) is 0 Å². The first-order valence-corrected chi connectivity index (χ1v) is 8.39. The van der Waals surface area contributed by atoms with Crippen LogP contribution >= 0.6 is 0 Å². The predicted molar refractivity (Wildman–Crippen MR) is 97.5 cm³/mol. The van der Waals surface area contributed by atoms with Crippen LogP contribution < -0.4 is 10.2 Å². The Hall–Kier alpha value is -2.81. The lowest BCUT2D eigenvalue weighted by molar-refractivity contribution is -0.114. The molecule has 0 radical (unpaired) electrons. The minimum atomic E-state index is 0.0282. The Morgan fingerprint density at radius 2 is 1.67 bits per heavy atom. The fourth-order valence-corrected chi connectivity index (χ4v) is 3.41. The molecule has 1 N–H and O–H groups in total. The first-order chi connectivity index (χ1) is 11.7. The van der Waals surface area contributed by atoms with Gasteiger partial charge in [0.1, 0.15) is 5.70 Å². The van der Waals surface area contributed by atoms with Crippen molar-refractivity contribution in [2.45, 2.75) is 19.8 Å². The first-order valence-electron chi connectivity index (χ1n) is 8.39. The van der Waals surface area contributed by atoms with Gasteiger partial charge in [0, 0.05) is 16.9 Å². The predicted octanol–water partition coefficient (Wildman–Crippen LogP) is 4.71. The number of hydrogen-bond donors (Lipinski definition) is 1. The van der Waals surface area contributed by atoms with Crippen molar-refractivity contribution in [1.29, 1.82) is 0 Å². The Labute approximate surface area is 142 Å². The summed E-state index contributed by atoms with van der Waals surface area (Å²) in [6.45, 7) is 2.23. The molecule has 0 bridgehead atoms. The van der Waals surface area contributed by atoms with Crippen LogP contribution in [-0.4, -0.2) is 5.91 Å². The molecule has 24 heavy (non-hydrogen) atoms. The van der Waals surface area contributed by atoms with Crippen molar-refractivity contribution in [3.63, 3.8) is 0 Å². The van der Waals surface area contributed by atoms with E-state index in [2.05, 4.69) is 18.3 Å². The second-order valence-corrected chi connectivity index (χ2v) is 6.46. The summed E-state index contributed by atoms with van der Waals surface area (Å²) >= 11 is 0. The number of anilines is 2. The van der Waals surface area contributed by atoms with Crippen molar-refractivity contribution in [2.24, 2.45) is 5.92 Å². The average Bonchev–Trinajstić information content (AvgIpc) is 2.88. The lowest BCUT2D eigenvalue weighted by Crippen LogP contribution is -2.27. The first kappa shape index (κ1) is 14.8. The number of hydrogen-bond acceptors (Lipinski definition) is 2. The summed E-state index contributed by atoms with van der Waals surface area (Å²) < 4.78 is 0. The van der Waals surface area contributed by atoms with Gasteiger partial charge in [0.05, 0.1) is 5.70 Å². The molecule has 3 heteroatoms. The molecule has 3 nitrogen and oxygen atoms in total. The van der Waals surface area contributed by atoms with Crippen LogP contribution in [0.25, 0.3) is 0 Å². The van der Waals surface area contributed by atoms with Crippen molar-refractivity contribution in [3.05, 3.63) is 83.7 Å². The zero-order valence-corrected chi connectivity index (χ0v) is 13.7. The van der Waals surface area contributed by atoms with Gasteiger partial charge in [-0.2, -0.15) is 0 Å². The maximum absolute atomic E-state index is 13.1. The number of carbonyl (C=O) groups is 1. The van der Waals surface area contributed by atoms with Gasteiger partial charge in [0.15, 0.2) is 0 Å². The third-order valence-corrected chi connectivity index (χ3v) is 4.59. The molecule has 2 aromatic carbocycles. The van der Waals surface area contributed by atoms with Gasteiger partial charge in [-0.15, -0.1) is 0 Å². The Kier molecular flexibility index (Phi) is 3.69. The van der Waals surface area contributed by atoms with Gasteiger partial charge >= 0.3 is 0 Å². The normalized spacial score (nSPS) is 20.0. The van der Waals surface area contributed by atoms with Gasteiger partial charge in [-0.3, -0.25) is 9.69 Å². The smallest absolute Gasteiger partial charge is 0.279 e. The molecule has 2 aromatic rings. The Bertz CT molecular complexity index is 821. The third kappa shape index (κ3) is 2.52. The highest BCUT2D eigenvalue weighted by Crippen LogP contribution is 2.41. The quantitative estimate of drug-likeness (QED) is 0.889. The molecule has 0 spiro atoms. The maximum atomic E-state index is 13.1. The summed E-state index contributed by atoms with van der Waals surface area (Å²) in [6, 6.07) is 19.8. The Balaban J connectivity index is 1.77. The van der Waals surface area contributed by atoms with E-state index >= 15 is 0 Å². The van der Waals surface area contributed by atoms with E-state index < -0.39 is 0 Å². The second-order valence-electron chi connectivity index (χ2n) is 6.46. The summed E-state index contributed by atoms with van der Waals surface area (Å²) in [5, 5.41) is 3.36. The molecule has 0 saturated heterocycles. The van der Waals surface area contributed by atoms with Crippen molar-refractivity contribution in [2.75, 3.05) is 10.2 Å². The zero-order valence-electron chi connectivity index (χ0n) is 13.7. The van der Waals surface area contributed by atoms with Gasteiger partial charge in [0.2, 0.25) is 0 Å². The van der Waals surface area contributed by atoms with Crippen LogP contribution in [0.2, 0.25) is 0 Å². The van der Waals surface area contributed by atoms with Crippen LogP contribution in [0, 0.1) is 5.92 Å². The van der Waals surface area contributed by atoms with Gasteiger partial charge in [-0.05, 0) is 43.0 Å². The number of rotatable bonds is 3. The SMILES string of the molecule is CC1CC=C2C(=C(Nc3ccccc3)C(=O)N2c2ccccc2)C1. The number of benzene rings is 2. The van der Waals surface area contributed by atoms with E-state index in [1.807, 2.05) is 65.6 Å². The molecule has 0 aromatic heterocycles. The van der Waals surface area contributed by atoms with Crippen molar-refractivity contribution in [1.82, 2.24) is 0 Å². The Morgan fingerprint density at radius 3 is 2.38 bits per heavy atom. The molecule has 1 atom stereocenters.